The molecule has 0 saturated heterocycles. The highest BCUT2D eigenvalue weighted by atomic mass is 16.5. The summed E-state index contributed by atoms with van der Waals surface area (Å²) >= 11 is 0. The summed E-state index contributed by atoms with van der Waals surface area (Å²) in [5.41, 5.74) is 2.44. The number of nitrogens with zero attached hydrogens (tertiary/aromatic N) is 1. The van der Waals surface area contributed by atoms with Gasteiger partial charge in [-0.2, -0.15) is 0 Å². The molecule has 4 rings (SSSR count). The largest absolute Gasteiger partial charge is 0.489 e. The van der Waals surface area contributed by atoms with Crippen molar-refractivity contribution in [3.63, 3.8) is 0 Å². The van der Waals surface area contributed by atoms with Gasteiger partial charge in [-0.25, -0.2) is 4.98 Å². The number of aliphatic hydroxyl groups excluding tert-OH is 2. The predicted octanol–water partition coefficient (Wildman–Crippen LogP) is 4.71. The van der Waals surface area contributed by atoms with E-state index in [-0.39, 0.29) is 23.9 Å². The van der Waals surface area contributed by atoms with E-state index in [9.17, 15) is 10.2 Å². The quantitative estimate of drug-likeness (QED) is 0.272. The topological polar surface area (TPSA) is 74.6 Å². The van der Waals surface area contributed by atoms with Gasteiger partial charge in [-0.3, -0.25) is 0 Å². The number of ether oxygens (including phenoxy) is 1. The molecule has 0 amide bonds. The average Bonchev–Trinajstić information content (AvgIpc) is 3.36. The first-order valence-electron chi connectivity index (χ1n) is 12.5. The van der Waals surface area contributed by atoms with E-state index in [4.69, 9.17) is 4.74 Å². The number of unbranched alkanes of at least 4 members (excludes halogenated alkanes) is 1. The van der Waals surface area contributed by atoms with Crippen LogP contribution in [0.1, 0.15) is 56.6 Å². The second-order valence-electron chi connectivity index (χ2n) is 9.48. The summed E-state index contributed by atoms with van der Waals surface area (Å²) in [6, 6.07) is 12.3. The number of nitrogens with one attached hydrogen (secondary N) is 1. The minimum atomic E-state index is -0.570. The van der Waals surface area contributed by atoms with E-state index >= 15 is 0 Å². The number of hydrogen-bond donors (Lipinski definition) is 3. The van der Waals surface area contributed by atoms with Crippen LogP contribution in [0.3, 0.4) is 0 Å². The Kier molecular flexibility index (Phi) is 8.26. The van der Waals surface area contributed by atoms with Gasteiger partial charge in [0.2, 0.25) is 0 Å². The molecule has 5 heteroatoms. The summed E-state index contributed by atoms with van der Waals surface area (Å²) in [5.74, 6) is 7.97. The van der Waals surface area contributed by atoms with Crippen LogP contribution in [0.25, 0.3) is 0 Å². The fourth-order valence-electron chi connectivity index (χ4n) is 5.10. The van der Waals surface area contributed by atoms with Gasteiger partial charge in [-0.1, -0.05) is 43.3 Å². The molecular weight excluding hydrogens is 424 g/mol. The lowest BCUT2D eigenvalue weighted by Crippen LogP contribution is -2.19. The highest BCUT2D eigenvalue weighted by Gasteiger charge is 2.48. The fourth-order valence-corrected chi connectivity index (χ4v) is 5.10. The zero-order chi connectivity index (χ0) is 23.9. The summed E-state index contributed by atoms with van der Waals surface area (Å²) in [6.45, 7) is 4.70. The van der Waals surface area contributed by atoms with Gasteiger partial charge in [-0.05, 0) is 49.8 Å². The van der Waals surface area contributed by atoms with Crippen LogP contribution in [0.4, 0.5) is 5.82 Å². The van der Waals surface area contributed by atoms with Gasteiger partial charge in [0.05, 0.1) is 12.2 Å². The fraction of sp³-hybridized carbons (Fsp3) is 0.483. The number of hydrogen-bond acceptors (Lipinski definition) is 5. The Morgan fingerprint density at radius 1 is 1.24 bits per heavy atom. The number of rotatable bonds is 10. The van der Waals surface area contributed by atoms with Crippen LogP contribution in [0.2, 0.25) is 0 Å². The van der Waals surface area contributed by atoms with Gasteiger partial charge >= 0.3 is 0 Å². The van der Waals surface area contributed by atoms with Gasteiger partial charge in [-0.15, -0.1) is 11.8 Å². The van der Waals surface area contributed by atoms with Crippen LogP contribution < -0.4 is 10.1 Å². The van der Waals surface area contributed by atoms with E-state index in [0.29, 0.717) is 12.8 Å². The maximum atomic E-state index is 10.7. The summed E-state index contributed by atoms with van der Waals surface area (Å²) in [5, 5.41) is 24.6. The van der Waals surface area contributed by atoms with Crippen LogP contribution >= 0.6 is 0 Å². The summed E-state index contributed by atoms with van der Waals surface area (Å²) in [4.78, 5) is 4.30. The Morgan fingerprint density at radius 3 is 2.91 bits per heavy atom. The van der Waals surface area contributed by atoms with Crippen molar-refractivity contribution in [2.45, 2.75) is 70.2 Å². The molecule has 6 atom stereocenters. The molecule has 0 unspecified atom stereocenters. The Bertz CT molecular complexity index is 1030. The lowest BCUT2D eigenvalue weighted by Gasteiger charge is -2.19. The predicted molar refractivity (Wildman–Crippen MR) is 136 cm³/mol. The Morgan fingerprint density at radius 2 is 2.12 bits per heavy atom. The van der Waals surface area contributed by atoms with Crippen LogP contribution in [-0.4, -0.2) is 40.1 Å². The molecule has 2 aromatic rings. The highest BCUT2D eigenvalue weighted by Crippen LogP contribution is 2.52. The third-order valence-electron chi connectivity index (χ3n) is 7.05. The zero-order valence-electron chi connectivity index (χ0n) is 20.2. The van der Waals surface area contributed by atoms with Crippen LogP contribution in [0, 0.1) is 23.7 Å². The second-order valence-corrected chi connectivity index (χ2v) is 9.48. The molecule has 34 heavy (non-hydrogen) atoms. The molecule has 1 aliphatic heterocycles. The van der Waals surface area contributed by atoms with Crippen molar-refractivity contribution in [2.75, 3.05) is 11.9 Å². The van der Waals surface area contributed by atoms with Gasteiger partial charge in [0, 0.05) is 43.0 Å². The Labute approximate surface area is 203 Å². The maximum Gasteiger partial charge on any atom is 0.126 e. The SMILES string of the molecule is CC#CC[C@H](C)[C@H](O)/C=C/[C@@H]1[C@H]2c3cccc(CCCCNc4ccccn4)c3O[C@H]2C[C@H]1O. The summed E-state index contributed by atoms with van der Waals surface area (Å²) in [6.07, 6.45) is 8.96. The third kappa shape index (κ3) is 5.63. The van der Waals surface area contributed by atoms with Crippen molar-refractivity contribution < 1.29 is 14.9 Å². The molecule has 0 spiro atoms. The number of pyridine rings is 1. The van der Waals surface area contributed by atoms with Crippen LogP contribution in [0.5, 0.6) is 5.75 Å². The number of anilines is 1. The molecular formula is C29H36N2O3. The van der Waals surface area contributed by atoms with Crippen molar-refractivity contribution in [3.8, 4) is 17.6 Å². The minimum absolute atomic E-state index is 0.00727. The summed E-state index contributed by atoms with van der Waals surface area (Å²) < 4.78 is 6.40. The monoisotopic (exact) mass is 460 g/mol. The van der Waals surface area contributed by atoms with Crippen molar-refractivity contribution in [1.82, 2.24) is 4.98 Å². The number of aromatic nitrogens is 1. The number of para-hydroxylation sites is 1. The van der Waals surface area contributed by atoms with Crippen LogP contribution in [-0.2, 0) is 6.42 Å². The smallest absolute Gasteiger partial charge is 0.126 e. The van der Waals surface area contributed by atoms with E-state index in [2.05, 4.69) is 40.3 Å². The second kappa shape index (κ2) is 11.6. The molecule has 0 bridgehead atoms. The van der Waals surface area contributed by atoms with Crippen molar-refractivity contribution in [1.29, 1.82) is 0 Å². The summed E-state index contributed by atoms with van der Waals surface area (Å²) in [7, 11) is 0. The molecule has 1 fully saturated rings. The molecule has 0 radical (unpaired) electrons. The van der Waals surface area contributed by atoms with E-state index in [0.717, 1.165) is 37.4 Å². The number of benzene rings is 1. The average molecular weight is 461 g/mol. The molecule has 1 aliphatic carbocycles. The van der Waals surface area contributed by atoms with Crippen molar-refractivity contribution in [2.24, 2.45) is 11.8 Å². The van der Waals surface area contributed by atoms with Gasteiger partial charge in [0.1, 0.15) is 17.7 Å². The van der Waals surface area contributed by atoms with E-state index in [1.54, 1.807) is 6.20 Å². The molecule has 1 aromatic heterocycles. The van der Waals surface area contributed by atoms with Gasteiger partial charge in [0.25, 0.3) is 0 Å². The van der Waals surface area contributed by atoms with E-state index in [1.165, 1.54) is 11.1 Å². The third-order valence-corrected chi connectivity index (χ3v) is 7.05. The van der Waals surface area contributed by atoms with E-state index < -0.39 is 12.2 Å². The first-order chi connectivity index (χ1) is 16.6. The Hall–Kier alpha value is -2.81. The van der Waals surface area contributed by atoms with Gasteiger partial charge < -0.3 is 20.3 Å². The zero-order valence-corrected chi connectivity index (χ0v) is 20.2. The van der Waals surface area contributed by atoms with E-state index in [1.807, 2.05) is 44.2 Å². The highest BCUT2D eigenvalue weighted by molar-refractivity contribution is 5.49. The molecule has 3 N–H and O–H groups in total. The number of aliphatic hydroxyl groups is 2. The molecule has 2 heterocycles. The first kappa shape index (κ1) is 24.3. The molecule has 2 aliphatic rings. The normalized spacial score (nSPS) is 24.6. The lowest BCUT2D eigenvalue weighted by molar-refractivity contribution is 0.134. The standard InChI is InChI=1S/C29H36N2O3/c1-3-4-10-20(2)24(32)16-15-22-25(33)19-26-28(22)23-13-9-12-21(29(23)34-26)11-5-7-17-30-27-14-6-8-18-31-27/h6,8-9,12-16,18,20,22,24-26,28,32-33H,5,7,10-11,17,19H2,1-2H3,(H,30,31)/b16-15+/t20-,22-,24+,25+,26-,28-/m0/s1. The first-order valence-corrected chi connectivity index (χ1v) is 12.5. The minimum Gasteiger partial charge on any atom is -0.489 e. The Balaban J connectivity index is 1.37. The van der Waals surface area contributed by atoms with Crippen molar-refractivity contribution in [3.05, 3.63) is 65.9 Å². The molecule has 1 aromatic carbocycles. The molecule has 1 saturated carbocycles. The number of fused-ring (bicyclic) bond motifs is 3. The lowest BCUT2D eigenvalue weighted by atomic mass is 9.86. The van der Waals surface area contributed by atoms with Gasteiger partial charge in [0.15, 0.2) is 0 Å². The molecule has 5 nitrogen and oxygen atoms in total. The number of aryl methyl sites for hydroxylation is 1. The maximum absolute atomic E-state index is 10.7. The van der Waals surface area contributed by atoms with Crippen molar-refractivity contribution >= 4 is 5.82 Å². The van der Waals surface area contributed by atoms with Crippen LogP contribution in [0.15, 0.2) is 54.7 Å². The molecule has 180 valence electrons.